The molecular weight excluding hydrogens is 442 g/mol. The average molecular weight is 462 g/mol. The average Bonchev–Trinajstić information content (AvgIpc) is 3.58. The molecule has 7 nitrogen and oxygen atoms in total. The van der Waals surface area contributed by atoms with Gasteiger partial charge in [0.25, 0.3) is 5.56 Å². The van der Waals surface area contributed by atoms with Gasteiger partial charge in [-0.05, 0) is 37.0 Å². The van der Waals surface area contributed by atoms with Crippen LogP contribution in [0.15, 0.2) is 63.1 Å². The lowest BCUT2D eigenvalue weighted by molar-refractivity contribution is 0.485. The van der Waals surface area contributed by atoms with Crippen molar-refractivity contribution in [2.45, 2.75) is 36.7 Å². The molecule has 5 aromatic rings. The van der Waals surface area contributed by atoms with E-state index in [0.29, 0.717) is 18.1 Å². The molecule has 4 heterocycles. The molecule has 0 amide bonds. The third-order valence-electron chi connectivity index (χ3n) is 5.60. The van der Waals surface area contributed by atoms with Crippen LogP contribution in [-0.4, -0.2) is 24.7 Å². The number of aromatic amines is 1. The molecule has 0 fully saturated rings. The number of nitrogens with zero attached hydrogens (tertiary/aromatic N) is 4. The Labute approximate surface area is 191 Å². The standard InChI is InChI=1S/C23H19N5O2S2/c29-21-19-16-9-4-10-17(16)32-22(19)25-18(24-21)13-31-23-27-26-20(14-6-2-1-3-7-14)28(23)12-15-8-5-11-30-15/h1-3,5-8,11H,4,9-10,12-13H2,(H,24,25,29). The van der Waals surface area contributed by atoms with Crippen molar-refractivity contribution in [1.29, 1.82) is 0 Å². The van der Waals surface area contributed by atoms with Crippen molar-refractivity contribution in [2.24, 2.45) is 0 Å². The number of aryl methyl sites for hydroxylation is 2. The van der Waals surface area contributed by atoms with Crippen LogP contribution in [0.25, 0.3) is 21.6 Å². The molecule has 9 heteroatoms. The highest BCUT2D eigenvalue weighted by Crippen LogP contribution is 2.35. The molecule has 32 heavy (non-hydrogen) atoms. The van der Waals surface area contributed by atoms with E-state index in [0.717, 1.165) is 51.8 Å². The van der Waals surface area contributed by atoms with Gasteiger partial charge in [0.2, 0.25) is 0 Å². The van der Waals surface area contributed by atoms with Crippen molar-refractivity contribution in [3.63, 3.8) is 0 Å². The molecule has 1 aromatic carbocycles. The molecule has 1 aliphatic rings. The highest BCUT2D eigenvalue weighted by Gasteiger charge is 2.22. The number of thiophene rings is 1. The maximum absolute atomic E-state index is 12.8. The van der Waals surface area contributed by atoms with Gasteiger partial charge in [0.1, 0.15) is 16.4 Å². The smallest absolute Gasteiger partial charge is 0.259 e. The number of fused-ring (bicyclic) bond motifs is 3. The monoisotopic (exact) mass is 461 g/mol. The summed E-state index contributed by atoms with van der Waals surface area (Å²) in [6.45, 7) is 0.521. The summed E-state index contributed by atoms with van der Waals surface area (Å²) in [7, 11) is 0. The topological polar surface area (TPSA) is 89.6 Å². The van der Waals surface area contributed by atoms with Crippen LogP contribution in [0.4, 0.5) is 0 Å². The Hall–Kier alpha value is -3.17. The predicted molar refractivity (Wildman–Crippen MR) is 125 cm³/mol. The first-order valence-electron chi connectivity index (χ1n) is 10.4. The number of thioether (sulfide) groups is 1. The number of aromatic nitrogens is 5. The van der Waals surface area contributed by atoms with Crippen LogP contribution in [0.5, 0.6) is 0 Å². The Morgan fingerprint density at radius 2 is 2.03 bits per heavy atom. The molecule has 0 aliphatic heterocycles. The van der Waals surface area contributed by atoms with Gasteiger partial charge in [-0.2, -0.15) is 0 Å². The Morgan fingerprint density at radius 3 is 2.88 bits per heavy atom. The lowest BCUT2D eigenvalue weighted by Gasteiger charge is -2.09. The van der Waals surface area contributed by atoms with Gasteiger partial charge in [-0.15, -0.1) is 21.5 Å². The SMILES string of the molecule is O=c1[nH]c(CSc2nnc(-c3ccccc3)n2Cc2ccco2)nc2sc3c(c12)CCC3. The molecule has 0 radical (unpaired) electrons. The number of furan rings is 1. The fourth-order valence-electron chi connectivity index (χ4n) is 4.15. The maximum Gasteiger partial charge on any atom is 0.259 e. The Kier molecular flexibility index (Phi) is 4.92. The molecule has 0 atom stereocenters. The van der Waals surface area contributed by atoms with Crippen molar-refractivity contribution < 1.29 is 4.42 Å². The molecule has 0 saturated heterocycles. The fraction of sp³-hybridized carbons (Fsp3) is 0.217. The first-order valence-corrected chi connectivity index (χ1v) is 12.2. The number of H-pyrrole nitrogens is 1. The van der Waals surface area contributed by atoms with Gasteiger partial charge in [-0.25, -0.2) is 4.98 Å². The fourth-order valence-corrected chi connectivity index (χ4v) is 6.23. The van der Waals surface area contributed by atoms with Crippen LogP contribution in [-0.2, 0) is 25.1 Å². The minimum Gasteiger partial charge on any atom is -0.467 e. The van der Waals surface area contributed by atoms with Gasteiger partial charge in [0, 0.05) is 10.4 Å². The molecule has 4 aromatic heterocycles. The first-order chi connectivity index (χ1) is 15.8. The van der Waals surface area contributed by atoms with E-state index < -0.39 is 0 Å². The van der Waals surface area contributed by atoms with E-state index in [1.165, 1.54) is 22.2 Å². The minimum absolute atomic E-state index is 0.0352. The zero-order valence-corrected chi connectivity index (χ0v) is 18.7. The summed E-state index contributed by atoms with van der Waals surface area (Å²) < 4.78 is 7.60. The van der Waals surface area contributed by atoms with Crippen LogP contribution >= 0.6 is 23.1 Å². The number of hydrogen-bond acceptors (Lipinski definition) is 7. The molecule has 0 bridgehead atoms. The van der Waals surface area contributed by atoms with E-state index in [9.17, 15) is 4.79 Å². The normalized spacial score (nSPS) is 13.1. The highest BCUT2D eigenvalue weighted by atomic mass is 32.2. The second-order valence-corrected chi connectivity index (χ2v) is 9.70. The van der Waals surface area contributed by atoms with Gasteiger partial charge in [-0.1, -0.05) is 42.1 Å². The molecule has 1 aliphatic carbocycles. The van der Waals surface area contributed by atoms with Gasteiger partial charge < -0.3 is 9.40 Å². The van der Waals surface area contributed by atoms with Crippen molar-refractivity contribution in [2.75, 3.05) is 0 Å². The lowest BCUT2D eigenvalue weighted by atomic mass is 10.2. The summed E-state index contributed by atoms with van der Waals surface area (Å²) in [5, 5.41) is 10.4. The van der Waals surface area contributed by atoms with E-state index in [1.807, 2.05) is 47.0 Å². The summed E-state index contributed by atoms with van der Waals surface area (Å²) in [5.74, 6) is 2.75. The zero-order valence-electron chi connectivity index (χ0n) is 17.1. The second kappa shape index (κ2) is 8.07. The number of rotatable bonds is 6. The summed E-state index contributed by atoms with van der Waals surface area (Å²) in [5.41, 5.74) is 2.15. The summed E-state index contributed by atoms with van der Waals surface area (Å²) in [6, 6.07) is 13.8. The zero-order chi connectivity index (χ0) is 21.5. The quantitative estimate of drug-likeness (QED) is 0.370. The molecule has 6 rings (SSSR count). The van der Waals surface area contributed by atoms with Gasteiger partial charge in [0.05, 0.1) is 23.9 Å². The van der Waals surface area contributed by atoms with Crippen molar-refractivity contribution in [1.82, 2.24) is 24.7 Å². The molecule has 0 spiro atoms. The van der Waals surface area contributed by atoms with E-state index in [1.54, 1.807) is 17.6 Å². The molecular formula is C23H19N5O2S2. The summed E-state index contributed by atoms with van der Waals surface area (Å²) >= 11 is 3.16. The molecule has 160 valence electrons. The summed E-state index contributed by atoms with van der Waals surface area (Å²) in [4.78, 5) is 22.6. The number of benzene rings is 1. The van der Waals surface area contributed by atoms with Crippen LogP contribution in [0.1, 0.15) is 28.4 Å². The van der Waals surface area contributed by atoms with E-state index in [-0.39, 0.29) is 5.56 Å². The van der Waals surface area contributed by atoms with E-state index >= 15 is 0 Å². The maximum atomic E-state index is 12.8. The largest absolute Gasteiger partial charge is 0.467 e. The third kappa shape index (κ3) is 3.47. The number of hydrogen-bond donors (Lipinski definition) is 1. The Bertz CT molecular complexity index is 1450. The van der Waals surface area contributed by atoms with Crippen molar-refractivity contribution >= 4 is 33.3 Å². The van der Waals surface area contributed by atoms with E-state index in [2.05, 4.69) is 15.2 Å². The predicted octanol–water partition coefficient (Wildman–Crippen LogP) is 4.67. The first kappa shape index (κ1) is 19.5. The van der Waals surface area contributed by atoms with Crippen molar-refractivity contribution in [3.05, 3.63) is 81.1 Å². The Morgan fingerprint density at radius 1 is 1.12 bits per heavy atom. The third-order valence-corrected chi connectivity index (χ3v) is 7.77. The van der Waals surface area contributed by atoms with Crippen LogP contribution < -0.4 is 5.56 Å². The number of nitrogens with one attached hydrogen (secondary N) is 1. The van der Waals surface area contributed by atoms with E-state index in [4.69, 9.17) is 9.40 Å². The lowest BCUT2D eigenvalue weighted by Crippen LogP contribution is -2.11. The highest BCUT2D eigenvalue weighted by molar-refractivity contribution is 7.98. The van der Waals surface area contributed by atoms with Gasteiger partial charge >= 0.3 is 0 Å². The van der Waals surface area contributed by atoms with Gasteiger partial charge in [0.15, 0.2) is 11.0 Å². The van der Waals surface area contributed by atoms with Crippen LogP contribution in [0, 0.1) is 0 Å². The Balaban J connectivity index is 1.32. The van der Waals surface area contributed by atoms with Gasteiger partial charge in [-0.3, -0.25) is 9.36 Å². The molecule has 0 unspecified atom stereocenters. The van der Waals surface area contributed by atoms with Crippen LogP contribution in [0.3, 0.4) is 0 Å². The van der Waals surface area contributed by atoms with Crippen LogP contribution in [0.2, 0.25) is 0 Å². The minimum atomic E-state index is -0.0352. The molecule has 0 saturated carbocycles. The second-order valence-electron chi connectivity index (χ2n) is 7.68. The van der Waals surface area contributed by atoms with Crippen molar-refractivity contribution in [3.8, 4) is 11.4 Å². The summed E-state index contributed by atoms with van der Waals surface area (Å²) in [6.07, 6.45) is 4.82. The molecule has 1 N–H and O–H groups in total.